The van der Waals surface area contributed by atoms with Gasteiger partial charge in [-0.3, -0.25) is 9.59 Å². The van der Waals surface area contributed by atoms with Gasteiger partial charge in [0.25, 0.3) is 0 Å². The summed E-state index contributed by atoms with van der Waals surface area (Å²) in [7, 11) is 3.31. The van der Waals surface area contributed by atoms with Crippen LogP contribution in [-0.2, 0) is 15.0 Å². The molecule has 0 unspecified atom stereocenters. The average molecular weight is 409 g/mol. The van der Waals surface area contributed by atoms with Crippen LogP contribution in [0.15, 0.2) is 48.7 Å². The first kappa shape index (κ1) is 17.8. The van der Waals surface area contributed by atoms with E-state index >= 15 is 0 Å². The molecule has 2 aromatic carbocycles. The molecular formula is C21H17ClN4O3. The third-order valence-corrected chi connectivity index (χ3v) is 5.91. The van der Waals surface area contributed by atoms with Crippen LogP contribution in [0.3, 0.4) is 0 Å². The van der Waals surface area contributed by atoms with Crippen LogP contribution in [0.2, 0.25) is 5.02 Å². The van der Waals surface area contributed by atoms with Gasteiger partial charge in [-0.2, -0.15) is 5.10 Å². The Labute approximate surface area is 171 Å². The van der Waals surface area contributed by atoms with Gasteiger partial charge in [0.2, 0.25) is 11.8 Å². The van der Waals surface area contributed by atoms with Gasteiger partial charge in [-0.1, -0.05) is 11.6 Å². The number of methoxy groups -OCH3 is 1. The Kier molecular flexibility index (Phi) is 3.73. The highest BCUT2D eigenvalue weighted by atomic mass is 35.5. The molecule has 146 valence electrons. The van der Waals surface area contributed by atoms with E-state index in [1.807, 2.05) is 30.3 Å². The molecule has 1 atom stereocenters. The fourth-order valence-corrected chi connectivity index (χ4v) is 4.47. The number of likely N-dealkylation sites (N-methyl/N-ethyl adjacent to an activating group) is 1. The lowest BCUT2D eigenvalue weighted by atomic mass is 9.72. The molecule has 2 aliphatic heterocycles. The molecule has 2 aliphatic rings. The van der Waals surface area contributed by atoms with Crippen molar-refractivity contribution in [2.45, 2.75) is 11.8 Å². The molecular weight excluding hydrogens is 392 g/mol. The summed E-state index contributed by atoms with van der Waals surface area (Å²) in [6, 6.07) is 12.6. The van der Waals surface area contributed by atoms with E-state index in [0.29, 0.717) is 22.2 Å². The Morgan fingerprint density at radius 3 is 2.62 bits per heavy atom. The van der Waals surface area contributed by atoms with E-state index < -0.39 is 5.41 Å². The van der Waals surface area contributed by atoms with Gasteiger partial charge in [0, 0.05) is 29.7 Å². The Hall–Kier alpha value is -3.32. The van der Waals surface area contributed by atoms with Crippen LogP contribution in [-0.4, -0.2) is 35.8 Å². The number of rotatable bonds is 2. The predicted molar refractivity (Wildman–Crippen MR) is 109 cm³/mol. The summed E-state index contributed by atoms with van der Waals surface area (Å²) < 4.78 is 6.83. The van der Waals surface area contributed by atoms with Crippen molar-refractivity contribution in [3.05, 3.63) is 64.8 Å². The van der Waals surface area contributed by atoms with Crippen molar-refractivity contribution in [2.24, 2.45) is 0 Å². The van der Waals surface area contributed by atoms with Crippen LogP contribution in [0.4, 0.5) is 11.5 Å². The largest absolute Gasteiger partial charge is 0.497 e. The number of benzene rings is 2. The van der Waals surface area contributed by atoms with Crippen molar-refractivity contribution in [2.75, 3.05) is 24.4 Å². The highest BCUT2D eigenvalue weighted by molar-refractivity contribution is 6.31. The highest BCUT2D eigenvalue weighted by Gasteiger charge is 2.56. The number of fused-ring (bicyclic) bond motifs is 4. The van der Waals surface area contributed by atoms with E-state index in [0.717, 1.165) is 16.9 Å². The smallest absolute Gasteiger partial charge is 0.242 e. The first-order valence-corrected chi connectivity index (χ1v) is 9.44. The van der Waals surface area contributed by atoms with Gasteiger partial charge >= 0.3 is 0 Å². The zero-order valence-electron chi connectivity index (χ0n) is 15.8. The summed E-state index contributed by atoms with van der Waals surface area (Å²) in [6.45, 7) is 0. The molecule has 3 heterocycles. The summed E-state index contributed by atoms with van der Waals surface area (Å²) in [5.74, 6) is 0.787. The quantitative estimate of drug-likeness (QED) is 0.706. The van der Waals surface area contributed by atoms with E-state index in [9.17, 15) is 9.59 Å². The molecule has 8 heteroatoms. The summed E-state index contributed by atoms with van der Waals surface area (Å²) >= 11 is 6.25. The van der Waals surface area contributed by atoms with Gasteiger partial charge in [-0.15, -0.1) is 0 Å². The minimum absolute atomic E-state index is 0.00478. The van der Waals surface area contributed by atoms with Crippen LogP contribution in [0.25, 0.3) is 5.69 Å². The maximum Gasteiger partial charge on any atom is 0.242 e. The molecule has 0 bridgehead atoms. The van der Waals surface area contributed by atoms with Crippen molar-refractivity contribution >= 4 is 34.9 Å². The lowest BCUT2D eigenvalue weighted by Crippen LogP contribution is -2.45. The van der Waals surface area contributed by atoms with Crippen molar-refractivity contribution in [1.82, 2.24) is 9.78 Å². The molecule has 7 nitrogen and oxygen atoms in total. The molecule has 0 aliphatic carbocycles. The van der Waals surface area contributed by atoms with Crippen molar-refractivity contribution in [1.29, 1.82) is 0 Å². The van der Waals surface area contributed by atoms with Gasteiger partial charge in [0.1, 0.15) is 17.0 Å². The van der Waals surface area contributed by atoms with E-state index in [-0.39, 0.29) is 18.2 Å². The minimum atomic E-state index is -1.14. The molecule has 1 aromatic heterocycles. The Morgan fingerprint density at radius 2 is 1.90 bits per heavy atom. The van der Waals surface area contributed by atoms with Crippen LogP contribution >= 0.6 is 11.6 Å². The lowest BCUT2D eigenvalue weighted by Gasteiger charge is -2.32. The van der Waals surface area contributed by atoms with E-state index in [2.05, 4.69) is 10.4 Å². The topological polar surface area (TPSA) is 76.5 Å². The maximum atomic E-state index is 13.4. The van der Waals surface area contributed by atoms with Crippen LogP contribution < -0.4 is 15.0 Å². The molecule has 1 N–H and O–H groups in total. The molecule has 0 saturated carbocycles. The number of ether oxygens (including phenoxy) is 1. The predicted octanol–water partition coefficient (Wildman–Crippen LogP) is 3.14. The van der Waals surface area contributed by atoms with Gasteiger partial charge < -0.3 is 15.0 Å². The van der Waals surface area contributed by atoms with Gasteiger partial charge in [-0.25, -0.2) is 4.68 Å². The Balaban J connectivity index is 1.74. The van der Waals surface area contributed by atoms with Crippen LogP contribution in [0.5, 0.6) is 5.75 Å². The third kappa shape index (κ3) is 2.34. The highest BCUT2D eigenvalue weighted by Crippen LogP contribution is 2.52. The molecule has 29 heavy (non-hydrogen) atoms. The number of nitrogens with zero attached hydrogens (tertiary/aromatic N) is 3. The van der Waals surface area contributed by atoms with Crippen molar-refractivity contribution in [3.8, 4) is 11.4 Å². The fourth-order valence-electron chi connectivity index (χ4n) is 4.30. The van der Waals surface area contributed by atoms with E-state index in [4.69, 9.17) is 16.3 Å². The van der Waals surface area contributed by atoms with Gasteiger partial charge in [0.15, 0.2) is 0 Å². The average Bonchev–Trinajstić information content (AvgIpc) is 3.23. The van der Waals surface area contributed by atoms with Gasteiger partial charge in [0.05, 0.1) is 19.0 Å². The number of carbonyl (C=O) groups excluding carboxylic acids is 2. The molecule has 0 saturated heterocycles. The number of anilines is 2. The fraction of sp³-hybridized carbons (Fsp3) is 0.190. The molecule has 0 fully saturated rings. The number of nitrogens with one attached hydrogen (secondary N) is 1. The Bertz CT molecular complexity index is 1170. The second-order valence-corrected chi connectivity index (χ2v) is 7.61. The number of carbonyl (C=O) groups is 2. The van der Waals surface area contributed by atoms with Crippen molar-refractivity contribution in [3.63, 3.8) is 0 Å². The van der Waals surface area contributed by atoms with Crippen molar-refractivity contribution < 1.29 is 14.3 Å². The number of halogens is 1. The third-order valence-electron chi connectivity index (χ3n) is 5.68. The molecule has 1 spiro atoms. The number of amides is 2. The number of hydrogen-bond donors (Lipinski definition) is 1. The molecule has 5 rings (SSSR count). The number of hydrogen-bond acceptors (Lipinski definition) is 4. The monoisotopic (exact) mass is 408 g/mol. The van der Waals surface area contributed by atoms with Gasteiger partial charge in [-0.05, 0) is 48.0 Å². The first-order chi connectivity index (χ1) is 14.0. The molecule has 3 aromatic rings. The minimum Gasteiger partial charge on any atom is -0.497 e. The van der Waals surface area contributed by atoms with E-state index in [1.54, 1.807) is 42.1 Å². The SMILES string of the molecule is COc1ccc(-n2ncc3c2NC(=O)C[C@]32C(=O)N(C)c3ccc(Cl)cc32)cc1. The zero-order valence-corrected chi connectivity index (χ0v) is 16.5. The summed E-state index contributed by atoms with van der Waals surface area (Å²) in [4.78, 5) is 27.8. The molecule has 0 radical (unpaired) electrons. The summed E-state index contributed by atoms with van der Waals surface area (Å²) in [5, 5.41) is 7.90. The standard InChI is InChI=1S/C21H17ClN4O3/c1-25-17-8-3-12(22)9-15(17)21(20(25)28)10-18(27)24-19-16(21)11-23-26(19)13-4-6-14(29-2)7-5-13/h3-9,11H,10H2,1-2H3,(H,24,27)/t21-/m1/s1. The zero-order chi connectivity index (χ0) is 20.3. The second-order valence-electron chi connectivity index (χ2n) is 7.17. The number of aromatic nitrogens is 2. The second kappa shape index (κ2) is 6.09. The van der Waals surface area contributed by atoms with Crippen LogP contribution in [0, 0.1) is 0 Å². The first-order valence-electron chi connectivity index (χ1n) is 9.06. The molecule has 2 amide bonds. The van der Waals surface area contributed by atoms with Crippen LogP contribution in [0.1, 0.15) is 17.5 Å². The summed E-state index contributed by atoms with van der Waals surface area (Å²) in [5.41, 5.74) is 1.73. The lowest BCUT2D eigenvalue weighted by molar-refractivity contribution is -0.126. The van der Waals surface area contributed by atoms with E-state index in [1.165, 1.54) is 0 Å². The Morgan fingerprint density at radius 1 is 1.14 bits per heavy atom. The normalized spacial score (nSPS) is 19.9. The summed E-state index contributed by atoms with van der Waals surface area (Å²) in [6.07, 6.45) is 1.66. The maximum absolute atomic E-state index is 13.4.